The molecule has 3 heterocycles. The molecule has 0 radical (unpaired) electrons. The summed E-state index contributed by atoms with van der Waals surface area (Å²) in [5.41, 5.74) is 7.04. The lowest BCUT2D eigenvalue weighted by molar-refractivity contribution is 0.0513. The first kappa shape index (κ1) is 33.9. The summed E-state index contributed by atoms with van der Waals surface area (Å²) in [6.07, 6.45) is 0.605. The van der Waals surface area contributed by atoms with E-state index in [9.17, 15) is 13.2 Å². The number of anilines is 1. The first-order valence-corrected chi connectivity index (χ1v) is 17.7. The molecule has 0 spiro atoms. The SMILES string of the molecule is Cc1cccc(C)c1-c1cc2nc(n1)NS(=O)(=O)c1cccc(c1)C(=O)N(Cc1ccc(-c3c(C)noc3C)cc1)[C@H](CC(C)(C)C)CO2. The lowest BCUT2D eigenvalue weighted by Gasteiger charge is -2.36. The van der Waals surface area contributed by atoms with Gasteiger partial charge in [-0.15, -0.1) is 0 Å². The van der Waals surface area contributed by atoms with Crippen LogP contribution in [0.15, 0.2) is 82.2 Å². The van der Waals surface area contributed by atoms with Crippen molar-refractivity contribution in [1.82, 2.24) is 20.0 Å². The van der Waals surface area contributed by atoms with Gasteiger partial charge in [0.2, 0.25) is 11.8 Å². The molecule has 5 aromatic rings. The van der Waals surface area contributed by atoms with Gasteiger partial charge in [0.25, 0.3) is 15.9 Å². The minimum Gasteiger partial charge on any atom is -0.475 e. The Morgan fingerprint density at radius 1 is 0.878 bits per heavy atom. The second-order valence-electron chi connectivity index (χ2n) is 13.9. The van der Waals surface area contributed by atoms with Crippen LogP contribution < -0.4 is 9.46 Å². The average Bonchev–Trinajstić information content (AvgIpc) is 3.38. The summed E-state index contributed by atoms with van der Waals surface area (Å²) in [5, 5.41) is 4.08. The molecule has 10 nitrogen and oxygen atoms in total. The highest BCUT2D eigenvalue weighted by atomic mass is 32.2. The van der Waals surface area contributed by atoms with Crippen LogP contribution in [0.1, 0.15) is 65.7 Å². The number of rotatable bonds is 5. The van der Waals surface area contributed by atoms with Crippen molar-refractivity contribution in [3.05, 3.63) is 107 Å². The number of hydrogen-bond donors (Lipinski definition) is 1. The molecule has 0 saturated carbocycles. The third-order valence-corrected chi connectivity index (χ3v) is 9.98. The molecule has 1 aliphatic rings. The molecule has 2 aromatic heterocycles. The van der Waals surface area contributed by atoms with Crippen LogP contribution in [0.5, 0.6) is 5.88 Å². The summed E-state index contributed by atoms with van der Waals surface area (Å²) < 4.78 is 41.7. The zero-order valence-electron chi connectivity index (χ0n) is 28.9. The number of ether oxygens (including phenoxy) is 1. The Labute approximate surface area is 287 Å². The number of aryl methyl sites for hydroxylation is 4. The van der Waals surface area contributed by atoms with Crippen LogP contribution in [0.4, 0.5) is 5.95 Å². The number of hydrogen-bond acceptors (Lipinski definition) is 8. The van der Waals surface area contributed by atoms with E-state index in [2.05, 4.69) is 40.6 Å². The highest BCUT2D eigenvalue weighted by molar-refractivity contribution is 7.92. The quantitative estimate of drug-likeness (QED) is 0.201. The molecule has 6 rings (SSSR count). The maximum atomic E-state index is 14.5. The summed E-state index contributed by atoms with van der Waals surface area (Å²) in [4.78, 5) is 25.3. The lowest BCUT2D eigenvalue weighted by Crippen LogP contribution is -2.45. The largest absolute Gasteiger partial charge is 0.475 e. The number of nitrogens with one attached hydrogen (secondary N) is 1. The second kappa shape index (κ2) is 13.1. The Morgan fingerprint density at radius 2 is 1.57 bits per heavy atom. The van der Waals surface area contributed by atoms with Gasteiger partial charge in [0.1, 0.15) is 12.4 Å². The van der Waals surface area contributed by atoms with Gasteiger partial charge in [-0.3, -0.25) is 4.79 Å². The second-order valence-corrected chi connectivity index (χ2v) is 15.6. The zero-order chi connectivity index (χ0) is 35.1. The molecular formula is C38H41N5O5S. The monoisotopic (exact) mass is 679 g/mol. The molecule has 49 heavy (non-hydrogen) atoms. The number of sulfonamides is 1. The molecule has 0 unspecified atom stereocenters. The topological polar surface area (TPSA) is 128 Å². The molecule has 11 heteroatoms. The van der Waals surface area contributed by atoms with E-state index in [1.54, 1.807) is 23.1 Å². The Morgan fingerprint density at radius 3 is 2.22 bits per heavy atom. The van der Waals surface area contributed by atoms with Crippen LogP contribution in [-0.4, -0.2) is 47.0 Å². The van der Waals surface area contributed by atoms with Crippen molar-refractivity contribution < 1.29 is 22.5 Å². The van der Waals surface area contributed by atoms with Crippen molar-refractivity contribution in [2.24, 2.45) is 5.41 Å². The average molecular weight is 680 g/mol. The predicted octanol–water partition coefficient (Wildman–Crippen LogP) is 7.67. The van der Waals surface area contributed by atoms with Gasteiger partial charge in [-0.05, 0) is 80.0 Å². The van der Waals surface area contributed by atoms with E-state index in [1.165, 1.54) is 12.1 Å². The van der Waals surface area contributed by atoms with Crippen LogP contribution in [-0.2, 0) is 16.6 Å². The maximum Gasteiger partial charge on any atom is 0.264 e. The van der Waals surface area contributed by atoms with Gasteiger partial charge < -0.3 is 14.2 Å². The van der Waals surface area contributed by atoms with Crippen molar-refractivity contribution in [1.29, 1.82) is 0 Å². The van der Waals surface area contributed by atoms with Crippen LogP contribution in [0.25, 0.3) is 22.4 Å². The molecular weight excluding hydrogens is 639 g/mol. The molecule has 3 aromatic carbocycles. The normalized spacial score (nSPS) is 16.2. The number of carbonyl (C=O) groups is 1. The lowest BCUT2D eigenvalue weighted by atomic mass is 9.87. The van der Waals surface area contributed by atoms with Gasteiger partial charge in [0.15, 0.2) is 0 Å². The molecule has 0 saturated heterocycles. The number of nitrogens with zero attached hydrogens (tertiary/aromatic N) is 4. The smallest absolute Gasteiger partial charge is 0.264 e. The number of carbonyl (C=O) groups excluding carboxylic acids is 1. The molecule has 4 bridgehead atoms. The fourth-order valence-electron chi connectivity index (χ4n) is 6.42. The van der Waals surface area contributed by atoms with Crippen LogP contribution in [0.3, 0.4) is 0 Å². The molecule has 254 valence electrons. The fourth-order valence-corrected chi connectivity index (χ4v) is 7.40. The van der Waals surface area contributed by atoms with E-state index in [1.807, 2.05) is 70.2 Å². The van der Waals surface area contributed by atoms with Crippen molar-refractivity contribution in [3.8, 4) is 28.3 Å². The minimum absolute atomic E-state index is 0.0720. The highest BCUT2D eigenvalue weighted by Gasteiger charge is 2.31. The van der Waals surface area contributed by atoms with E-state index < -0.39 is 16.1 Å². The van der Waals surface area contributed by atoms with E-state index in [4.69, 9.17) is 9.26 Å². The van der Waals surface area contributed by atoms with Crippen LogP contribution >= 0.6 is 0 Å². The van der Waals surface area contributed by atoms with Crippen molar-refractivity contribution in [2.75, 3.05) is 11.3 Å². The van der Waals surface area contributed by atoms with Gasteiger partial charge >= 0.3 is 0 Å². The van der Waals surface area contributed by atoms with Gasteiger partial charge in [-0.2, -0.15) is 4.98 Å². The van der Waals surface area contributed by atoms with Crippen LogP contribution in [0.2, 0.25) is 0 Å². The van der Waals surface area contributed by atoms with Crippen molar-refractivity contribution >= 4 is 21.9 Å². The van der Waals surface area contributed by atoms with Crippen molar-refractivity contribution in [3.63, 3.8) is 0 Å². The standard InChI is InChI=1S/C38H41N5O5S/c1-23-10-8-11-24(2)34(23)32-19-33-40-37(39-32)42-49(45,46)31-13-9-12-29(18-31)36(44)43(30(22-47-33)20-38(5,6)7)21-27-14-16-28(17-15-27)35-25(3)41-48-26(35)4/h8-19,30H,20-22H2,1-7H3,(H,39,40,42)/t30-/m1/s1. The molecule has 0 fully saturated rings. The van der Waals surface area contributed by atoms with Gasteiger partial charge in [-0.1, -0.05) is 74.5 Å². The van der Waals surface area contributed by atoms with E-state index in [0.717, 1.165) is 44.8 Å². The zero-order valence-corrected chi connectivity index (χ0v) is 29.7. The molecule has 1 N–H and O–H groups in total. The molecule has 1 amide bonds. The predicted molar refractivity (Wildman–Crippen MR) is 189 cm³/mol. The highest BCUT2D eigenvalue weighted by Crippen LogP contribution is 2.32. The molecule has 1 atom stereocenters. The van der Waals surface area contributed by atoms with Crippen molar-refractivity contribution in [2.45, 2.75) is 72.4 Å². The third kappa shape index (κ3) is 7.36. The Kier molecular flexibility index (Phi) is 9.06. The first-order chi connectivity index (χ1) is 23.2. The number of aromatic nitrogens is 3. The number of fused-ring (bicyclic) bond motifs is 4. The molecule has 0 aliphatic carbocycles. The van der Waals surface area contributed by atoms with E-state index in [0.29, 0.717) is 12.1 Å². The Balaban J connectivity index is 1.46. The van der Waals surface area contributed by atoms with E-state index in [-0.39, 0.29) is 46.8 Å². The summed E-state index contributed by atoms with van der Waals surface area (Å²) >= 11 is 0. The van der Waals surface area contributed by atoms with Gasteiger partial charge in [0.05, 0.1) is 22.3 Å². The minimum atomic E-state index is -4.17. The number of benzene rings is 3. The van der Waals surface area contributed by atoms with Crippen LogP contribution in [0, 0.1) is 33.1 Å². The molecule has 1 aliphatic heterocycles. The van der Waals surface area contributed by atoms with Gasteiger partial charge in [-0.25, -0.2) is 18.1 Å². The summed E-state index contributed by atoms with van der Waals surface area (Å²) in [7, 11) is -4.17. The third-order valence-electron chi connectivity index (χ3n) is 8.66. The fraction of sp³-hybridized carbons (Fsp3) is 0.316. The summed E-state index contributed by atoms with van der Waals surface area (Å²) in [6, 6.07) is 21.3. The Bertz CT molecular complexity index is 2100. The van der Waals surface area contributed by atoms with Gasteiger partial charge in [0, 0.05) is 29.3 Å². The summed E-state index contributed by atoms with van der Waals surface area (Å²) in [6.45, 7) is 14.5. The first-order valence-electron chi connectivity index (χ1n) is 16.2. The van der Waals surface area contributed by atoms with E-state index >= 15 is 0 Å². The Hall–Kier alpha value is -5.03. The maximum absolute atomic E-state index is 14.5. The number of amides is 1. The summed E-state index contributed by atoms with van der Waals surface area (Å²) in [5.74, 6) is 0.512.